The van der Waals surface area contributed by atoms with Crippen LogP contribution in [0.25, 0.3) is 0 Å². The first kappa shape index (κ1) is 15.9. The van der Waals surface area contributed by atoms with E-state index in [9.17, 15) is 9.59 Å². The average molecular weight is 311 g/mol. The number of aromatic amines is 1. The van der Waals surface area contributed by atoms with Gasteiger partial charge in [0.25, 0.3) is 0 Å². The van der Waals surface area contributed by atoms with E-state index < -0.39 is 11.5 Å². The number of nitrogens with one attached hydrogen (secondary N) is 2. The number of carboxylic acids is 1. The Balaban J connectivity index is 1.94. The van der Waals surface area contributed by atoms with E-state index in [4.69, 9.17) is 5.11 Å². The summed E-state index contributed by atoms with van der Waals surface area (Å²) >= 11 is 1.63. The molecule has 1 amide bonds. The molecule has 3 N–H and O–H groups in total. The maximum Gasteiger partial charge on any atom is 0.353 e. The van der Waals surface area contributed by atoms with E-state index in [2.05, 4.69) is 22.2 Å². The molecule has 1 aromatic rings. The molecule has 6 nitrogen and oxygen atoms in total. The summed E-state index contributed by atoms with van der Waals surface area (Å²) in [4.78, 5) is 29.9. The first-order valence-corrected chi connectivity index (χ1v) is 8.40. The van der Waals surface area contributed by atoms with Gasteiger partial charge >= 0.3 is 5.97 Å². The molecule has 1 aliphatic rings. The Labute approximate surface area is 128 Å². The molecule has 0 unspecified atom stereocenters. The van der Waals surface area contributed by atoms with Crippen LogP contribution in [-0.4, -0.2) is 38.5 Å². The van der Waals surface area contributed by atoms with Crippen LogP contribution in [0.1, 0.15) is 55.3 Å². The fourth-order valence-electron chi connectivity index (χ4n) is 2.34. The van der Waals surface area contributed by atoms with Crippen molar-refractivity contribution < 1.29 is 14.7 Å². The van der Waals surface area contributed by atoms with Crippen LogP contribution in [0.15, 0.2) is 6.20 Å². The number of carbonyl (C=O) groups excluding carboxylic acids is 1. The molecule has 21 heavy (non-hydrogen) atoms. The van der Waals surface area contributed by atoms with E-state index in [-0.39, 0.29) is 11.6 Å². The molecule has 116 valence electrons. The van der Waals surface area contributed by atoms with Crippen molar-refractivity contribution in [2.24, 2.45) is 0 Å². The zero-order valence-electron chi connectivity index (χ0n) is 12.1. The third kappa shape index (κ3) is 3.78. The lowest BCUT2D eigenvalue weighted by molar-refractivity contribution is -0.121. The number of aromatic nitrogens is 2. The molecule has 1 aromatic heterocycles. The molecular weight excluding hydrogens is 290 g/mol. The zero-order valence-corrected chi connectivity index (χ0v) is 13.0. The smallest absolute Gasteiger partial charge is 0.353 e. The maximum absolute atomic E-state index is 12.0. The number of hydrogen-bond acceptors (Lipinski definition) is 4. The number of rotatable bonds is 8. The number of nitrogens with zero attached hydrogens (tertiary/aromatic N) is 1. The van der Waals surface area contributed by atoms with Gasteiger partial charge in [0.05, 0.1) is 17.5 Å². The number of unbranched alkanes of at least 4 members (excludes halogenated alkanes) is 1. The summed E-state index contributed by atoms with van der Waals surface area (Å²) in [6.45, 7) is 2.13. The average Bonchev–Trinajstić information content (AvgIpc) is 2.89. The highest BCUT2D eigenvalue weighted by Gasteiger charge is 2.42. The Morgan fingerprint density at radius 1 is 1.52 bits per heavy atom. The Kier molecular flexibility index (Phi) is 5.27. The summed E-state index contributed by atoms with van der Waals surface area (Å²) in [6, 6.07) is 0. The van der Waals surface area contributed by atoms with Crippen molar-refractivity contribution in [1.82, 2.24) is 15.3 Å². The summed E-state index contributed by atoms with van der Waals surface area (Å²) in [5, 5.41) is 12.0. The fourth-order valence-corrected chi connectivity index (χ4v) is 3.23. The lowest BCUT2D eigenvalue weighted by Crippen LogP contribution is -2.52. The van der Waals surface area contributed by atoms with Gasteiger partial charge < -0.3 is 15.4 Å². The molecule has 0 aliphatic heterocycles. The molecule has 0 saturated heterocycles. The van der Waals surface area contributed by atoms with Crippen molar-refractivity contribution in [1.29, 1.82) is 0 Å². The summed E-state index contributed by atoms with van der Waals surface area (Å²) in [5.74, 6) is 0.932. The van der Waals surface area contributed by atoms with E-state index >= 15 is 0 Å². The van der Waals surface area contributed by atoms with Gasteiger partial charge in [-0.25, -0.2) is 9.78 Å². The first-order chi connectivity index (χ1) is 10.1. The van der Waals surface area contributed by atoms with E-state index in [0.29, 0.717) is 11.6 Å². The van der Waals surface area contributed by atoms with Gasteiger partial charge in [-0.3, -0.25) is 4.79 Å². The van der Waals surface area contributed by atoms with Gasteiger partial charge in [-0.15, -0.1) is 0 Å². The van der Waals surface area contributed by atoms with Gasteiger partial charge in [-0.2, -0.15) is 11.8 Å². The number of imidazole rings is 1. The molecule has 2 rings (SSSR count). The van der Waals surface area contributed by atoms with Gasteiger partial charge in [-0.05, 0) is 31.4 Å². The fraction of sp³-hybridized carbons (Fsp3) is 0.643. The first-order valence-electron chi connectivity index (χ1n) is 7.25. The van der Waals surface area contributed by atoms with Crippen molar-refractivity contribution >= 4 is 23.6 Å². The molecule has 1 heterocycles. The molecule has 1 aliphatic carbocycles. The summed E-state index contributed by atoms with van der Waals surface area (Å²) in [7, 11) is 0. The van der Waals surface area contributed by atoms with Crippen molar-refractivity contribution in [2.75, 3.05) is 11.5 Å². The third-order valence-corrected chi connectivity index (χ3v) is 4.76. The second-order valence-corrected chi connectivity index (χ2v) is 6.45. The number of H-pyrrole nitrogens is 1. The SMILES string of the molecule is CCCCSCC(=O)NC1(c2ncc(C(=O)O)[nH]2)CCC1. The molecule has 0 radical (unpaired) electrons. The van der Waals surface area contributed by atoms with Gasteiger partial charge in [0.1, 0.15) is 11.5 Å². The van der Waals surface area contributed by atoms with E-state index in [1.165, 1.54) is 6.20 Å². The maximum atomic E-state index is 12.0. The minimum absolute atomic E-state index is 0.0101. The van der Waals surface area contributed by atoms with E-state index in [1.54, 1.807) is 11.8 Å². The minimum Gasteiger partial charge on any atom is -0.477 e. The molecule has 0 bridgehead atoms. The molecule has 1 saturated carbocycles. The quantitative estimate of drug-likeness (QED) is 0.639. The van der Waals surface area contributed by atoms with Crippen LogP contribution in [0.5, 0.6) is 0 Å². The molecule has 1 fully saturated rings. The number of carboxylic acid groups (broad SMARTS) is 1. The van der Waals surface area contributed by atoms with Gasteiger partial charge in [0.2, 0.25) is 5.91 Å². The Hall–Kier alpha value is -1.50. The number of hydrogen-bond donors (Lipinski definition) is 3. The molecule has 0 atom stereocenters. The Bertz CT molecular complexity index is 511. The van der Waals surface area contributed by atoms with Crippen LogP contribution in [0.4, 0.5) is 0 Å². The number of amides is 1. The van der Waals surface area contributed by atoms with Gasteiger partial charge in [-0.1, -0.05) is 13.3 Å². The van der Waals surface area contributed by atoms with Gasteiger partial charge in [0, 0.05) is 0 Å². The predicted molar refractivity (Wildman–Crippen MR) is 81.5 cm³/mol. The highest BCUT2D eigenvalue weighted by molar-refractivity contribution is 7.99. The van der Waals surface area contributed by atoms with Gasteiger partial charge in [0.15, 0.2) is 0 Å². The standard InChI is InChI=1S/C14H21N3O3S/c1-2-3-7-21-9-11(18)17-14(5-4-6-14)13-15-8-10(16-13)12(19)20/h8H,2-7,9H2,1H3,(H,15,16)(H,17,18)(H,19,20). The highest BCUT2D eigenvalue weighted by atomic mass is 32.2. The third-order valence-electron chi connectivity index (χ3n) is 3.72. The van der Waals surface area contributed by atoms with Crippen LogP contribution >= 0.6 is 11.8 Å². The van der Waals surface area contributed by atoms with Crippen molar-refractivity contribution in [3.8, 4) is 0 Å². The number of carbonyl (C=O) groups is 2. The second-order valence-electron chi connectivity index (χ2n) is 5.34. The van der Waals surface area contributed by atoms with Crippen molar-refractivity contribution in [3.63, 3.8) is 0 Å². The summed E-state index contributed by atoms with van der Waals surface area (Å²) in [5.41, 5.74) is -0.446. The largest absolute Gasteiger partial charge is 0.477 e. The van der Waals surface area contributed by atoms with Crippen molar-refractivity contribution in [2.45, 2.75) is 44.6 Å². The molecule has 0 spiro atoms. The van der Waals surface area contributed by atoms with Crippen LogP contribution in [0.3, 0.4) is 0 Å². The monoisotopic (exact) mass is 311 g/mol. The second kappa shape index (κ2) is 6.98. The lowest BCUT2D eigenvalue weighted by atomic mass is 9.76. The molecule has 7 heteroatoms. The van der Waals surface area contributed by atoms with E-state index in [1.807, 2.05) is 0 Å². The predicted octanol–water partition coefficient (Wildman–Crippen LogP) is 2.14. The van der Waals surface area contributed by atoms with E-state index in [0.717, 1.165) is 37.9 Å². The summed E-state index contributed by atoms with van der Waals surface area (Å²) < 4.78 is 0. The van der Waals surface area contributed by atoms with Crippen molar-refractivity contribution in [3.05, 3.63) is 17.7 Å². The molecule has 0 aromatic carbocycles. The lowest BCUT2D eigenvalue weighted by Gasteiger charge is -2.40. The minimum atomic E-state index is -1.04. The van der Waals surface area contributed by atoms with Crippen LogP contribution in [0, 0.1) is 0 Å². The number of aromatic carboxylic acids is 1. The number of thioether (sulfide) groups is 1. The van der Waals surface area contributed by atoms with Crippen LogP contribution < -0.4 is 5.32 Å². The Morgan fingerprint density at radius 2 is 2.29 bits per heavy atom. The van der Waals surface area contributed by atoms with Crippen LogP contribution in [-0.2, 0) is 10.3 Å². The van der Waals surface area contributed by atoms with Crippen LogP contribution in [0.2, 0.25) is 0 Å². The normalized spacial score (nSPS) is 16.2. The zero-order chi connectivity index (χ0) is 15.3. The topological polar surface area (TPSA) is 95.1 Å². The Morgan fingerprint density at radius 3 is 2.81 bits per heavy atom. The summed E-state index contributed by atoms with van der Waals surface area (Å²) in [6.07, 6.45) is 6.15. The highest BCUT2D eigenvalue weighted by Crippen LogP contribution is 2.39. The molecular formula is C14H21N3O3S.